The molecule has 2 rings (SSSR count). The van der Waals surface area contributed by atoms with Crippen molar-refractivity contribution < 1.29 is 8.42 Å². The Hall–Kier alpha value is -1.21. The minimum Gasteiger partial charge on any atom is -0.195 e. The first-order valence-electron chi connectivity index (χ1n) is 6.68. The molecule has 0 saturated heterocycles. The molecule has 0 aliphatic heterocycles. The average Bonchev–Trinajstić information content (AvgIpc) is 2.85. The molecule has 0 radical (unpaired) electrons. The van der Waals surface area contributed by atoms with Gasteiger partial charge in [-0.25, -0.2) is 0 Å². The molecule has 0 saturated carbocycles. The Bertz CT molecular complexity index is 679. The molecule has 0 amide bonds. The van der Waals surface area contributed by atoms with Crippen molar-refractivity contribution in [2.75, 3.05) is 14.1 Å². The van der Waals surface area contributed by atoms with E-state index in [4.69, 9.17) is 0 Å². The van der Waals surface area contributed by atoms with Crippen molar-refractivity contribution in [1.82, 2.24) is 9.03 Å². The third-order valence-corrected chi connectivity index (χ3v) is 5.95. The Morgan fingerprint density at radius 2 is 1.86 bits per heavy atom. The molecule has 1 heterocycles. The Labute approximate surface area is 130 Å². The Morgan fingerprint density at radius 1 is 1.19 bits per heavy atom. The Kier molecular flexibility index (Phi) is 5.16. The van der Waals surface area contributed by atoms with Gasteiger partial charge in [0.15, 0.2) is 0 Å². The van der Waals surface area contributed by atoms with Crippen LogP contribution in [0.25, 0.3) is 0 Å². The third kappa shape index (κ3) is 4.14. The molecule has 0 fully saturated rings. The second kappa shape index (κ2) is 6.70. The van der Waals surface area contributed by atoms with Crippen LogP contribution >= 0.6 is 11.3 Å². The minimum absolute atomic E-state index is 0.250. The minimum atomic E-state index is -3.47. The molecule has 0 spiro atoms. The first-order chi connectivity index (χ1) is 9.90. The summed E-state index contributed by atoms with van der Waals surface area (Å²) < 4.78 is 28.3. The fourth-order valence-corrected chi connectivity index (χ4v) is 3.89. The fraction of sp³-hybridized carbons (Fsp3) is 0.333. The second-order valence-electron chi connectivity index (χ2n) is 5.12. The van der Waals surface area contributed by atoms with Gasteiger partial charge in [0.05, 0.1) is 6.04 Å². The smallest absolute Gasteiger partial charge is 0.195 e. The number of nitrogens with zero attached hydrogens (tertiary/aromatic N) is 1. The molecule has 4 nitrogen and oxygen atoms in total. The number of rotatable bonds is 6. The van der Waals surface area contributed by atoms with E-state index in [1.165, 1.54) is 18.4 Å². The zero-order valence-electron chi connectivity index (χ0n) is 12.4. The van der Waals surface area contributed by atoms with Crippen molar-refractivity contribution >= 4 is 21.5 Å². The predicted octanol–water partition coefficient (Wildman–Crippen LogP) is 2.74. The molecular formula is C15H20N2O2S2. The van der Waals surface area contributed by atoms with Crippen LogP contribution in [0.15, 0.2) is 41.8 Å². The van der Waals surface area contributed by atoms with Crippen LogP contribution in [-0.4, -0.2) is 26.8 Å². The van der Waals surface area contributed by atoms with Gasteiger partial charge in [0.2, 0.25) is 0 Å². The summed E-state index contributed by atoms with van der Waals surface area (Å²) in [5.41, 5.74) is 2.22. The van der Waals surface area contributed by atoms with Crippen LogP contribution in [0.3, 0.4) is 0 Å². The number of nitrogens with one attached hydrogen (secondary N) is 1. The van der Waals surface area contributed by atoms with E-state index >= 15 is 0 Å². The van der Waals surface area contributed by atoms with Gasteiger partial charge in [-0.2, -0.15) is 17.4 Å². The zero-order valence-corrected chi connectivity index (χ0v) is 14.0. The van der Waals surface area contributed by atoms with Crippen LogP contribution in [0.4, 0.5) is 0 Å². The Morgan fingerprint density at radius 3 is 2.38 bits per heavy atom. The normalized spacial score (nSPS) is 13.5. The largest absolute Gasteiger partial charge is 0.279 e. The van der Waals surface area contributed by atoms with E-state index in [0.29, 0.717) is 6.42 Å². The van der Waals surface area contributed by atoms with Gasteiger partial charge >= 0.3 is 0 Å². The maximum atomic E-state index is 12.2. The van der Waals surface area contributed by atoms with Crippen molar-refractivity contribution in [1.29, 1.82) is 0 Å². The third-order valence-electron chi connectivity index (χ3n) is 3.27. The summed E-state index contributed by atoms with van der Waals surface area (Å²) in [5.74, 6) is 0. The van der Waals surface area contributed by atoms with Gasteiger partial charge in [-0.05, 0) is 35.9 Å². The van der Waals surface area contributed by atoms with Crippen molar-refractivity contribution in [3.05, 3.63) is 57.8 Å². The molecule has 2 aromatic rings. The number of thiophene rings is 1. The van der Waals surface area contributed by atoms with Crippen LogP contribution in [0.5, 0.6) is 0 Å². The first-order valence-corrected chi connectivity index (χ1v) is 9.00. The topological polar surface area (TPSA) is 49.4 Å². The van der Waals surface area contributed by atoms with Crippen molar-refractivity contribution in [3.8, 4) is 0 Å². The van der Waals surface area contributed by atoms with E-state index in [1.807, 2.05) is 48.7 Å². The summed E-state index contributed by atoms with van der Waals surface area (Å²) >= 11 is 1.58. The standard InChI is InChI=1S/C15H20N2O2S2/c1-12-9-10-20-15(12)14(16-21(18,19)17(2)3)11-13-7-5-4-6-8-13/h4-10,14,16H,11H2,1-3H3. The monoisotopic (exact) mass is 324 g/mol. The zero-order chi connectivity index (χ0) is 15.5. The van der Waals surface area contributed by atoms with Gasteiger partial charge in [-0.15, -0.1) is 11.3 Å². The highest BCUT2D eigenvalue weighted by Crippen LogP contribution is 2.27. The van der Waals surface area contributed by atoms with Crippen molar-refractivity contribution in [2.45, 2.75) is 19.4 Å². The molecule has 114 valence electrons. The quantitative estimate of drug-likeness (QED) is 0.888. The van der Waals surface area contributed by atoms with Crippen LogP contribution < -0.4 is 4.72 Å². The van der Waals surface area contributed by atoms with E-state index in [0.717, 1.165) is 16.0 Å². The van der Waals surface area contributed by atoms with Gasteiger partial charge in [-0.3, -0.25) is 0 Å². The van der Waals surface area contributed by atoms with E-state index < -0.39 is 10.2 Å². The van der Waals surface area contributed by atoms with Crippen LogP contribution in [0.2, 0.25) is 0 Å². The first kappa shape index (κ1) is 16.2. The number of hydrogen-bond acceptors (Lipinski definition) is 3. The van der Waals surface area contributed by atoms with Crippen molar-refractivity contribution in [3.63, 3.8) is 0 Å². The molecule has 1 atom stereocenters. The number of hydrogen-bond donors (Lipinski definition) is 1. The lowest BCUT2D eigenvalue weighted by Crippen LogP contribution is -2.38. The van der Waals surface area contributed by atoms with Gasteiger partial charge in [0, 0.05) is 19.0 Å². The summed E-state index contributed by atoms with van der Waals surface area (Å²) in [6.07, 6.45) is 0.634. The van der Waals surface area contributed by atoms with Crippen LogP contribution in [-0.2, 0) is 16.6 Å². The molecule has 1 aromatic carbocycles. The summed E-state index contributed by atoms with van der Waals surface area (Å²) in [4.78, 5) is 1.06. The molecule has 1 N–H and O–H groups in total. The van der Waals surface area contributed by atoms with E-state index in [2.05, 4.69) is 4.72 Å². The lowest BCUT2D eigenvalue weighted by atomic mass is 10.0. The molecule has 0 aliphatic carbocycles. The van der Waals surface area contributed by atoms with Gasteiger partial charge in [0.1, 0.15) is 0 Å². The lowest BCUT2D eigenvalue weighted by Gasteiger charge is -2.21. The maximum absolute atomic E-state index is 12.2. The molecule has 21 heavy (non-hydrogen) atoms. The second-order valence-corrected chi connectivity index (χ2v) is 7.98. The summed E-state index contributed by atoms with van der Waals surface area (Å²) in [6.45, 7) is 2.01. The van der Waals surface area contributed by atoms with E-state index in [9.17, 15) is 8.42 Å². The fourth-order valence-electron chi connectivity index (χ4n) is 2.06. The molecule has 1 aromatic heterocycles. The molecule has 6 heteroatoms. The van der Waals surface area contributed by atoms with Gasteiger partial charge in [-0.1, -0.05) is 30.3 Å². The van der Waals surface area contributed by atoms with E-state index in [1.54, 1.807) is 11.3 Å². The highest BCUT2D eigenvalue weighted by Gasteiger charge is 2.23. The van der Waals surface area contributed by atoms with Gasteiger partial charge in [0.25, 0.3) is 10.2 Å². The van der Waals surface area contributed by atoms with Crippen molar-refractivity contribution in [2.24, 2.45) is 0 Å². The SMILES string of the molecule is Cc1ccsc1C(Cc1ccccc1)NS(=O)(=O)N(C)C. The number of benzene rings is 1. The summed E-state index contributed by atoms with van der Waals surface area (Å²) in [5, 5.41) is 1.99. The Balaban J connectivity index is 2.30. The van der Waals surface area contributed by atoms with Crippen LogP contribution in [0, 0.1) is 6.92 Å². The number of aryl methyl sites for hydroxylation is 1. The van der Waals surface area contributed by atoms with Crippen LogP contribution in [0.1, 0.15) is 22.0 Å². The maximum Gasteiger partial charge on any atom is 0.279 e. The van der Waals surface area contributed by atoms with Gasteiger partial charge < -0.3 is 0 Å². The molecule has 0 bridgehead atoms. The molecule has 0 aliphatic rings. The summed E-state index contributed by atoms with van der Waals surface area (Å²) in [7, 11) is -0.408. The average molecular weight is 324 g/mol. The molecule has 1 unspecified atom stereocenters. The summed E-state index contributed by atoms with van der Waals surface area (Å²) in [6, 6.07) is 11.7. The predicted molar refractivity (Wildman–Crippen MR) is 87.7 cm³/mol. The van der Waals surface area contributed by atoms with E-state index in [-0.39, 0.29) is 6.04 Å². The molecular weight excluding hydrogens is 304 g/mol. The highest BCUT2D eigenvalue weighted by atomic mass is 32.2. The highest BCUT2D eigenvalue weighted by molar-refractivity contribution is 7.87. The lowest BCUT2D eigenvalue weighted by molar-refractivity contribution is 0.489.